The quantitative estimate of drug-likeness (QED) is 0.650. The van der Waals surface area contributed by atoms with Gasteiger partial charge in [0.1, 0.15) is 0 Å². The predicted molar refractivity (Wildman–Crippen MR) is 44.6 cm³/mol. The summed E-state index contributed by atoms with van der Waals surface area (Å²) in [7, 11) is 1.60. The fraction of sp³-hybridized carbons (Fsp3) is 1.00. The Morgan fingerprint density at radius 3 is 2.42 bits per heavy atom. The third kappa shape index (κ3) is 4.25. The van der Waals surface area contributed by atoms with Gasteiger partial charge in [0.15, 0.2) is 6.29 Å². The minimum Gasteiger partial charge on any atom is -0.353 e. The molecule has 1 aliphatic rings. The lowest BCUT2D eigenvalue weighted by Crippen LogP contribution is -2.26. The van der Waals surface area contributed by atoms with Gasteiger partial charge in [-0.05, 0) is 6.42 Å². The average molecular weight is 215 g/mol. The van der Waals surface area contributed by atoms with Crippen LogP contribution < -0.4 is 0 Å². The van der Waals surface area contributed by atoms with Crippen molar-refractivity contribution in [1.82, 2.24) is 0 Å². The van der Waals surface area contributed by atoms with Crippen LogP contribution in [0.1, 0.15) is 12.8 Å². The molecular weight excluding hydrogens is 204 g/mol. The van der Waals surface area contributed by atoms with E-state index in [0.29, 0.717) is 19.6 Å². The normalized spacial score (nSPS) is 21.1. The lowest BCUT2D eigenvalue weighted by atomic mass is 10.4. The second-order valence-electron chi connectivity index (χ2n) is 2.56. The third-order valence-electron chi connectivity index (χ3n) is 1.49. The molecule has 0 radical (unpaired) electrons. The highest BCUT2D eigenvalue weighted by atomic mass is 35.7. The lowest BCUT2D eigenvalue weighted by molar-refractivity contribution is -0.178. The molecule has 6 heteroatoms. The number of halogens is 1. The maximum absolute atomic E-state index is 10.5. The van der Waals surface area contributed by atoms with Crippen molar-refractivity contribution in [3.63, 3.8) is 0 Å². The molecule has 72 valence electrons. The number of hydrogen-bond acceptors (Lipinski definition) is 4. The largest absolute Gasteiger partial charge is 0.353 e. The first kappa shape index (κ1) is 10.2. The summed E-state index contributed by atoms with van der Waals surface area (Å²) in [4.78, 5) is 0. The van der Waals surface area contributed by atoms with Gasteiger partial charge in [0.2, 0.25) is 9.05 Å². The zero-order valence-corrected chi connectivity index (χ0v) is 8.10. The number of rotatable bonds is 3. The highest BCUT2D eigenvalue weighted by molar-refractivity contribution is 8.13. The second kappa shape index (κ2) is 4.41. The van der Waals surface area contributed by atoms with E-state index in [-0.39, 0.29) is 5.75 Å². The van der Waals surface area contributed by atoms with E-state index in [9.17, 15) is 8.42 Å². The van der Waals surface area contributed by atoms with Gasteiger partial charge < -0.3 is 9.47 Å². The van der Waals surface area contributed by atoms with Crippen molar-refractivity contribution in [3.05, 3.63) is 0 Å². The van der Waals surface area contributed by atoms with Crippen molar-refractivity contribution in [3.8, 4) is 0 Å². The highest BCUT2D eigenvalue weighted by Crippen LogP contribution is 2.10. The van der Waals surface area contributed by atoms with Crippen LogP contribution in [0.2, 0.25) is 0 Å². The van der Waals surface area contributed by atoms with E-state index in [2.05, 4.69) is 0 Å². The Bertz CT molecular complexity index is 220. The van der Waals surface area contributed by atoms with Crippen molar-refractivity contribution < 1.29 is 17.9 Å². The molecule has 1 saturated heterocycles. The van der Waals surface area contributed by atoms with Crippen LogP contribution >= 0.6 is 10.7 Å². The van der Waals surface area contributed by atoms with Crippen LogP contribution in [0.4, 0.5) is 0 Å². The standard InChI is InChI=1S/C6H11ClO4S/c7-12(8,9)5-2-6-10-3-1-4-11-6/h6H,1-5H2. The first-order chi connectivity index (χ1) is 5.58. The fourth-order valence-corrected chi connectivity index (χ4v) is 1.68. The Morgan fingerprint density at radius 2 is 1.92 bits per heavy atom. The third-order valence-corrected chi connectivity index (χ3v) is 2.68. The molecule has 0 saturated carbocycles. The van der Waals surface area contributed by atoms with E-state index < -0.39 is 15.3 Å². The van der Waals surface area contributed by atoms with Gasteiger partial charge in [0, 0.05) is 17.1 Å². The molecule has 0 amide bonds. The monoisotopic (exact) mass is 214 g/mol. The molecule has 0 bridgehead atoms. The van der Waals surface area contributed by atoms with Crippen LogP contribution in [0, 0.1) is 0 Å². The van der Waals surface area contributed by atoms with Gasteiger partial charge in [-0.2, -0.15) is 0 Å². The predicted octanol–water partition coefficient (Wildman–Crippen LogP) is 0.708. The minimum absolute atomic E-state index is 0.0980. The summed E-state index contributed by atoms with van der Waals surface area (Å²) >= 11 is 0. The molecule has 0 aromatic heterocycles. The molecule has 0 spiro atoms. The number of hydrogen-bond donors (Lipinski definition) is 0. The molecule has 0 unspecified atom stereocenters. The number of ether oxygens (including phenoxy) is 2. The Morgan fingerprint density at radius 1 is 1.33 bits per heavy atom. The minimum atomic E-state index is -3.41. The van der Waals surface area contributed by atoms with Gasteiger partial charge in [-0.1, -0.05) is 0 Å². The Hall–Kier alpha value is 0.160. The Kier molecular flexibility index (Phi) is 3.77. The lowest BCUT2D eigenvalue weighted by Gasteiger charge is -2.22. The summed E-state index contributed by atoms with van der Waals surface area (Å²) < 4.78 is 31.3. The summed E-state index contributed by atoms with van der Waals surface area (Å²) in [6.07, 6.45) is 0.781. The van der Waals surface area contributed by atoms with Crippen molar-refractivity contribution >= 4 is 19.7 Å². The molecule has 1 fully saturated rings. The summed E-state index contributed by atoms with van der Waals surface area (Å²) in [5.41, 5.74) is 0. The van der Waals surface area contributed by atoms with Gasteiger partial charge in [-0.25, -0.2) is 8.42 Å². The van der Waals surface area contributed by atoms with Crippen LogP contribution in [-0.4, -0.2) is 33.7 Å². The first-order valence-corrected chi connectivity index (χ1v) is 6.21. The molecular formula is C6H11ClO4S. The van der Waals surface area contributed by atoms with Crippen LogP contribution in [0.15, 0.2) is 0 Å². The summed E-state index contributed by atoms with van der Waals surface area (Å²) in [6, 6.07) is 0. The SMILES string of the molecule is O=S(=O)(Cl)CCC1OCCCO1. The summed E-state index contributed by atoms with van der Waals surface area (Å²) in [6.45, 7) is 1.26. The molecule has 1 aliphatic heterocycles. The molecule has 0 N–H and O–H groups in total. The van der Waals surface area contributed by atoms with E-state index >= 15 is 0 Å². The van der Waals surface area contributed by atoms with E-state index in [4.69, 9.17) is 20.2 Å². The van der Waals surface area contributed by atoms with Crippen LogP contribution in [0.5, 0.6) is 0 Å². The summed E-state index contributed by atoms with van der Waals surface area (Å²) in [5.74, 6) is -0.0980. The Balaban J connectivity index is 2.22. The zero-order chi connectivity index (χ0) is 9.03. The van der Waals surface area contributed by atoms with Gasteiger partial charge in [-0.15, -0.1) is 0 Å². The molecule has 0 atom stereocenters. The van der Waals surface area contributed by atoms with Crippen LogP contribution in [0.3, 0.4) is 0 Å². The maximum atomic E-state index is 10.5. The Labute approximate surface area is 76.2 Å². The van der Waals surface area contributed by atoms with E-state index in [1.807, 2.05) is 0 Å². The van der Waals surface area contributed by atoms with E-state index in [1.165, 1.54) is 0 Å². The zero-order valence-electron chi connectivity index (χ0n) is 6.53. The molecule has 12 heavy (non-hydrogen) atoms. The molecule has 1 heterocycles. The summed E-state index contributed by atoms with van der Waals surface area (Å²) in [5, 5.41) is 0. The van der Waals surface area contributed by atoms with Crippen molar-refractivity contribution in [2.75, 3.05) is 19.0 Å². The van der Waals surface area contributed by atoms with Gasteiger partial charge >= 0.3 is 0 Å². The van der Waals surface area contributed by atoms with Crippen molar-refractivity contribution in [2.24, 2.45) is 0 Å². The second-order valence-corrected chi connectivity index (χ2v) is 5.45. The average Bonchev–Trinajstić information content (AvgIpc) is 2.02. The first-order valence-electron chi connectivity index (χ1n) is 3.73. The van der Waals surface area contributed by atoms with Crippen molar-refractivity contribution in [1.29, 1.82) is 0 Å². The topological polar surface area (TPSA) is 52.6 Å². The smallest absolute Gasteiger partial charge is 0.232 e. The molecule has 4 nitrogen and oxygen atoms in total. The molecule has 1 rings (SSSR count). The van der Waals surface area contributed by atoms with E-state index in [1.54, 1.807) is 0 Å². The fourth-order valence-electron chi connectivity index (χ4n) is 0.940. The van der Waals surface area contributed by atoms with Crippen LogP contribution in [-0.2, 0) is 18.5 Å². The molecule has 0 aromatic rings. The molecule has 0 aromatic carbocycles. The van der Waals surface area contributed by atoms with Crippen molar-refractivity contribution in [2.45, 2.75) is 19.1 Å². The van der Waals surface area contributed by atoms with Gasteiger partial charge in [0.25, 0.3) is 0 Å². The van der Waals surface area contributed by atoms with Gasteiger partial charge in [0.05, 0.1) is 19.0 Å². The van der Waals surface area contributed by atoms with E-state index in [0.717, 1.165) is 6.42 Å². The van der Waals surface area contributed by atoms with Crippen LogP contribution in [0.25, 0.3) is 0 Å². The highest BCUT2D eigenvalue weighted by Gasteiger charge is 2.16. The molecule has 0 aliphatic carbocycles. The maximum Gasteiger partial charge on any atom is 0.232 e. The van der Waals surface area contributed by atoms with Gasteiger partial charge in [-0.3, -0.25) is 0 Å².